The summed E-state index contributed by atoms with van der Waals surface area (Å²) in [6.45, 7) is 5.79. The average molecular weight is 364 g/mol. The Kier molecular flexibility index (Phi) is 5.28. The molecule has 0 radical (unpaired) electrons. The zero-order valence-corrected chi connectivity index (χ0v) is 15.8. The number of aromatic nitrogens is 1. The first kappa shape index (κ1) is 18.0. The van der Waals surface area contributed by atoms with Crippen LogP contribution in [0.5, 0.6) is 5.75 Å². The van der Waals surface area contributed by atoms with Gasteiger partial charge in [-0.3, -0.25) is 9.79 Å². The van der Waals surface area contributed by atoms with Crippen molar-refractivity contribution in [1.29, 1.82) is 0 Å². The molecule has 132 valence electrons. The van der Waals surface area contributed by atoms with Crippen LogP contribution in [0.15, 0.2) is 47.5 Å². The van der Waals surface area contributed by atoms with Gasteiger partial charge in [0.2, 0.25) is 0 Å². The van der Waals surface area contributed by atoms with Crippen molar-refractivity contribution in [1.82, 2.24) is 4.37 Å². The van der Waals surface area contributed by atoms with Gasteiger partial charge in [0.15, 0.2) is 5.78 Å². The van der Waals surface area contributed by atoms with Gasteiger partial charge in [-0.2, -0.15) is 4.37 Å². The molecule has 1 aromatic heterocycles. The minimum absolute atomic E-state index is 0.0502. The highest BCUT2D eigenvalue weighted by atomic mass is 32.1. The monoisotopic (exact) mass is 364 g/mol. The van der Waals surface area contributed by atoms with E-state index in [-0.39, 0.29) is 12.3 Å². The van der Waals surface area contributed by atoms with E-state index in [4.69, 9.17) is 0 Å². The van der Waals surface area contributed by atoms with Gasteiger partial charge in [-0.15, -0.1) is 0 Å². The van der Waals surface area contributed by atoms with Crippen molar-refractivity contribution in [3.8, 4) is 17.0 Å². The lowest BCUT2D eigenvalue weighted by Gasteiger charge is -2.04. The highest BCUT2D eigenvalue weighted by Gasteiger charge is 2.12. The normalized spacial score (nSPS) is 11.2. The average Bonchev–Trinajstić information content (AvgIpc) is 3.10. The van der Waals surface area contributed by atoms with Crippen LogP contribution in [0.1, 0.15) is 31.9 Å². The number of carbonyl (C=O) groups excluding carboxylic acids is 1. The van der Waals surface area contributed by atoms with E-state index in [0.717, 1.165) is 33.5 Å². The Labute approximate surface area is 157 Å². The number of nitrogens with zero attached hydrogens (tertiary/aromatic N) is 2. The summed E-state index contributed by atoms with van der Waals surface area (Å²) in [6.07, 6.45) is 1.67. The van der Waals surface area contributed by atoms with Crippen molar-refractivity contribution >= 4 is 23.5 Å². The van der Waals surface area contributed by atoms with E-state index >= 15 is 0 Å². The van der Waals surface area contributed by atoms with E-state index in [9.17, 15) is 9.90 Å². The number of rotatable bonds is 5. The number of hydrogen-bond acceptors (Lipinski definition) is 5. The molecular weight excluding hydrogens is 344 g/mol. The number of aliphatic imine (C=N–C) groups is 1. The van der Waals surface area contributed by atoms with Gasteiger partial charge in [0.25, 0.3) is 0 Å². The van der Waals surface area contributed by atoms with Crippen LogP contribution in [-0.2, 0) is 0 Å². The Balaban J connectivity index is 1.70. The van der Waals surface area contributed by atoms with Crippen LogP contribution in [0, 0.1) is 20.8 Å². The summed E-state index contributed by atoms with van der Waals surface area (Å²) in [4.78, 5) is 17.2. The second kappa shape index (κ2) is 7.62. The molecule has 1 N–H and O–H groups in total. The number of aromatic hydroxyl groups is 1. The summed E-state index contributed by atoms with van der Waals surface area (Å²) in [7, 11) is 0. The van der Waals surface area contributed by atoms with E-state index in [1.807, 2.05) is 63.2 Å². The quantitative estimate of drug-likeness (QED) is 0.525. The maximum Gasteiger partial charge on any atom is 0.195 e. The molecule has 0 saturated carbocycles. The summed E-state index contributed by atoms with van der Waals surface area (Å²) in [6, 6.07) is 13.5. The van der Waals surface area contributed by atoms with Crippen LogP contribution >= 0.6 is 11.5 Å². The van der Waals surface area contributed by atoms with Crippen LogP contribution < -0.4 is 0 Å². The number of hydrogen-bond donors (Lipinski definition) is 1. The second-order valence-electron chi connectivity index (χ2n) is 6.29. The van der Waals surface area contributed by atoms with Crippen molar-refractivity contribution in [2.45, 2.75) is 20.8 Å². The van der Waals surface area contributed by atoms with E-state index < -0.39 is 0 Å². The lowest BCUT2D eigenvalue weighted by molar-refractivity contribution is 0.101. The largest absolute Gasteiger partial charge is 0.507 e. The predicted octanol–water partition coefficient (Wildman–Crippen LogP) is 4.74. The van der Waals surface area contributed by atoms with Crippen molar-refractivity contribution in [3.63, 3.8) is 0 Å². The predicted molar refractivity (Wildman–Crippen MR) is 107 cm³/mol. The molecule has 0 aliphatic heterocycles. The van der Waals surface area contributed by atoms with Crippen molar-refractivity contribution in [2.24, 2.45) is 4.99 Å². The van der Waals surface area contributed by atoms with Gasteiger partial charge in [0.05, 0.1) is 10.6 Å². The zero-order valence-electron chi connectivity index (χ0n) is 15.0. The molecule has 4 nitrogen and oxygen atoms in total. The molecule has 5 heteroatoms. The molecule has 0 amide bonds. The molecule has 2 aromatic carbocycles. The maximum absolute atomic E-state index is 12.4. The van der Waals surface area contributed by atoms with Crippen LogP contribution in [-0.4, -0.2) is 28.0 Å². The molecular formula is C21H20N2O2S. The molecule has 0 aliphatic rings. The third-order valence-electron chi connectivity index (χ3n) is 4.19. The fraction of sp³-hybridized carbons (Fsp3) is 0.190. The van der Waals surface area contributed by atoms with E-state index in [2.05, 4.69) is 9.37 Å². The molecule has 3 aromatic rings. The summed E-state index contributed by atoms with van der Waals surface area (Å²) in [5.74, 6) is 0.248. The van der Waals surface area contributed by atoms with E-state index in [1.165, 1.54) is 11.5 Å². The summed E-state index contributed by atoms with van der Waals surface area (Å²) in [5, 5.41) is 9.80. The highest BCUT2D eigenvalue weighted by Crippen LogP contribution is 2.25. The molecule has 0 bridgehead atoms. The van der Waals surface area contributed by atoms with Crippen LogP contribution in [0.4, 0.5) is 0 Å². The molecule has 0 fully saturated rings. The molecule has 0 spiro atoms. The van der Waals surface area contributed by atoms with Gasteiger partial charge >= 0.3 is 0 Å². The SMILES string of the molecule is Cc1ccccc1-c1cc(C(=O)CN=Cc2cc(C)c(O)c(C)c2)sn1. The van der Waals surface area contributed by atoms with Gasteiger partial charge in [0, 0.05) is 11.8 Å². The van der Waals surface area contributed by atoms with Crippen LogP contribution in [0.3, 0.4) is 0 Å². The summed E-state index contributed by atoms with van der Waals surface area (Å²) >= 11 is 1.21. The number of phenols is 1. The Hall–Kier alpha value is -2.79. The van der Waals surface area contributed by atoms with Crippen molar-refractivity contribution < 1.29 is 9.90 Å². The van der Waals surface area contributed by atoms with Gasteiger partial charge in [-0.1, -0.05) is 24.3 Å². The fourth-order valence-corrected chi connectivity index (χ4v) is 3.45. The van der Waals surface area contributed by atoms with Gasteiger partial charge < -0.3 is 5.11 Å². The minimum atomic E-state index is -0.0502. The lowest BCUT2D eigenvalue weighted by Crippen LogP contribution is -2.01. The van der Waals surface area contributed by atoms with Gasteiger partial charge in [-0.05, 0) is 72.8 Å². The lowest BCUT2D eigenvalue weighted by atomic mass is 10.1. The summed E-state index contributed by atoms with van der Waals surface area (Å²) < 4.78 is 4.41. The van der Waals surface area contributed by atoms with Gasteiger partial charge in [-0.25, -0.2) is 0 Å². The molecule has 3 rings (SSSR count). The Morgan fingerprint density at radius 2 is 1.81 bits per heavy atom. The number of benzene rings is 2. The Morgan fingerprint density at radius 1 is 1.12 bits per heavy atom. The Morgan fingerprint density at radius 3 is 2.50 bits per heavy atom. The number of phenolic OH excluding ortho intramolecular Hbond substituents is 1. The number of aryl methyl sites for hydroxylation is 3. The van der Waals surface area contributed by atoms with E-state index in [1.54, 1.807) is 6.21 Å². The first-order chi connectivity index (χ1) is 12.5. The molecule has 0 unspecified atom stereocenters. The standard InChI is InChI=1S/C21H20N2O2S/c1-13-6-4-5-7-17(13)18-10-20(26-23-18)19(24)12-22-11-16-8-14(2)21(25)15(3)9-16/h4-11,25H,12H2,1-3H3. The first-order valence-electron chi connectivity index (χ1n) is 8.31. The third-order valence-corrected chi connectivity index (χ3v) is 5.02. The fourth-order valence-electron chi connectivity index (χ4n) is 2.77. The number of Topliss-reactive ketones (excluding diaryl/α,β-unsaturated/α-hetero) is 1. The maximum atomic E-state index is 12.4. The third kappa shape index (κ3) is 3.89. The minimum Gasteiger partial charge on any atom is -0.507 e. The van der Waals surface area contributed by atoms with Crippen molar-refractivity contribution in [2.75, 3.05) is 6.54 Å². The molecule has 0 saturated heterocycles. The summed E-state index contributed by atoms with van der Waals surface area (Å²) in [5.41, 5.74) is 5.46. The van der Waals surface area contributed by atoms with Crippen LogP contribution in [0.2, 0.25) is 0 Å². The molecule has 0 atom stereocenters. The number of carbonyl (C=O) groups is 1. The molecule has 1 heterocycles. The topological polar surface area (TPSA) is 62.5 Å². The number of ketones is 1. The highest BCUT2D eigenvalue weighted by molar-refractivity contribution is 7.08. The molecule has 0 aliphatic carbocycles. The van der Waals surface area contributed by atoms with Gasteiger partial charge in [0.1, 0.15) is 12.3 Å². The Bertz CT molecular complexity index is 966. The second-order valence-corrected chi connectivity index (χ2v) is 7.09. The first-order valence-corrected chi connectivity index (χ1v) is 9.09. The zero-order chi connectivity index (χ0) is 18.7. The van der Waals surface area contributed by atoms with Crippen LogP contribution in [0.25, 0.3) is 11.3 Å². The van der Waals surface area contributed by atoms with E-state index in [0.29, 0.717) is 10.6 Å². The van der Waals surface area contributed by atoms with Crippen molar-refractivity contribution in [3.05, 3.63) is 69.6 Å². The molecule has 26 heavy (non-hydrogen) atoms. The smallest absolute Gasteiger partial charge is 0.195 e.